The number of fused-ring (bicyclic) bond motifs is 2. The molecule has 0 saturated carbocycles. The predicted molar refractivity (Wildman–Crippen MR) is 111 cm³/mol. The van der Waals surface area contributed by atoms with Crippen molar-refractivity contribution in [1.82, 2.24) is 14.8 Å². The van der Waals surface area contributed by atoms with Gasteiger partial charge in [-0.05, 0) is 54.8 Å². The van der Waals surface area contributed by atoms with Gasteiger partial charge in [0.15, 0.2) is 23.1 Å². The SMILES string of the molecule is O=C1CCCC2=C1C(c1ccc3c(c1)OCO3)n1nc(-c3ccc(Cl)cc3)nc1N2. The molecule has 1 unspecified atom stereocenters. The minimum absolute atomic E-state index is 0.139. The summed E-state index contributed by atoms with van der Waals surface area (Å²) in [5.74, 6) is 2.72. The zero-order chi connectivity index (χ0) is 20.2. The largest absolute Gasteiger partial charge is 0.454 e. The molecule has 1 aromatic heterocycles. The van der Waals surface area contributed by atoms with E-state index >= 15 is 0 Å². The van der Waals surface area contributed by atoms with E-state index in [4.69, 9.17) is 31.2 Å². The number of halogens is 1. The van der Waals surface area contributed by atoms with Gasteiger partial charge in [0.2, 0.25) is 12.7 Å². The lowest BCUT2D eigenvalue weighted by atomic mass is 9.85. The van der Waals surface area contributed by atoms with Gasteiger partial charge in [-0.1, -0.05) is 17.7 Å². The van der Waals surface area contributed by atoms with Crippen LogP contribution in [-0.2, 0) is 4.79 Å². The number of rotatable bonds is 2. The van der Waals surface area contributed by atoms with Crippen LogP contribution >= 0.6 is 11.6 Å². The van der Waals surface area contributed by atoms with Crippen molar-refractivity contribution in [3.05, 3.63) is 64.3 Å². The van der Waals surface area contributed by atoms with Crippen LogP contribution in [0.15, 0.2) is 53.7 Å². The topological polar surface area (TPSA) is 78.3 Å². The number of carbonyl (C=O) groups is 1. The molecule has 1 atom stereocenters. The Kier molecular flexibility index (Phi) is 3.86. The maximum absolute atomic E-state index is 12.9. The molecular formula is C22H17ClN4O3. The Labute approximate surface area is 177 Å². The van der Waals surface area contributed by atoms with E-state index in [9.17, 15) is 4.79 Å². The minimum atomic E-state index is -0.368. The second-order valence-corrected chi connectivity index (χ2v) is 7.96. The number of Topliss-reactive ketones (excluding diaryl/α,β-unsaturated/α-hetero) is 1. The number of nitrogens with one attached hydrogen (secondary N) is 1. The number of nitrogens with zero attached hydrogens (tertiary/aromatic N) is 3. The third kappa shape index (κ3) is 2.69. The van der Waals surface area contributed by atoms with E-state index in [1.165, 1.54) is 0 Å². The van der Waals surface area contributed by atoms with Crippen molar-refractivity contribution in [3.63, 3.8) is 0 Å². The van der Waals surface area contributed by atoms with Crippen molar-refractivity contribution in [2.75, 3.05) is 12.1 Å². The molecule has 2 aromatic carbocycles. The number of ether oxygens (including phenoxy) is 2. The number of allylic oxidation sites excluding steroid dienone is 2. The second-order valence-electron chi connectivity index (χ2n) is 7.52. The normalized spacial score (nSPS) is 19.4. The van der Waals surface area contributed by atoms with Crippen molar-refractivity contribution in [2.24, 2.45) is 0 Å². The molecule has 1 aliphatic carbocycles. The first kappa shape index (κ1) is 17.5. The van der Waals surface area contributed by atoms with E-state index in [0.29, 0.717) is 34.7 Å². The van der Waals surface area contributed by atoms with Crippen LogP contribution in [-0.4, -0.2) is 27.3 Å². The molecule has 0 amide bonds. The summed E-state index contributed by atoms with van der Waals surface area (Å²) in [6.07, 6.45) is 2.18. The van der Waals surface area contributed by atoms with Crippen molar-refractivity contribution < 1.29 is 14.3 Å². The number of ketones is 1. The van der Waals surface area contributed by atoms with E-state index < -0.39 is 0 Å². The first-order chi connectivity index (χ1) is 14.7. The van der Waals surface area contributed by atoms with E-state index in [-0.39, 0.29) is 18.6 Å². The summed E-state index contributed by atoms with van der Waals surface area (Å²) in [5, 5.41) is 8.77. The fraction of sp³-hybridized carbons (Fsp3) is 0.227. The number of hydrogen-bond acceptors (Lipinski definition) is 6. The summed E-state index contributed by atoms with van der Waals surface area (Å²) in [4.78, 5) is 17.7. The van der Waals surface area contributed by atoms with Gasteiger partial charge < -0.3 is 14.8 Å². The van der Waals surface area contributed by atoms with Crippen molar-refractivity contribution in [1.29, 1.82) is 0 Å². The van der Waals surface area contributed by atoms with Gasteiger partial charge in [0.25, 0.3) is 0 Å². The Morgan fingerprint density at radius 1 is 1.07 bits per heavy atom. The van der Waals surface area contributed by atoms with Crippen LogP contribution in [0.5, 0.6) is 11.5 Å². The Morgan fingerprint density at radius 3 is 2.77 bits per heavy atom. The Bertz CT molecular complexity index is 1220. The first-order valence-electron chi connectivity index (χ1n) is 9.83. The maximum Gasteiger partial charge on any atom is 0.231 e. The van der Waals surface area contributed by atoms with E-state index in [1.807, 2.05) is 42.5 Å². The van der Waals surface area contributed by atoms with Gasteiger partial charge in [-0.15, -0.1) is 5.10 Å². The number of anilines is 1. The second kappa shape index (κ2) is 6.60. The van der Waals surface area contributed by atoms with Gasteiger partial charge in [0.1, 0.15) is 6.04 Å². The predicted octanol–water partition coefficient (Wildman–Crippen LogP) is 4.35. The average Bonchev–Trinajstić information content (AvgIpc) is 3.39. The standard InChI is InChI=1S/C22H17ClN4O3/c23-14-7-4-12(5-8-14)21-25-22-24-15-2-1-3-16(28)19(15)20(27(22)26-21)13-6-9-17-18(10-13)30-11-29-17/h4-10,20H,1-3,11H2,(H,24,25,26). The third-order valence-electron chi connectivity index (χ3n) is 5.68. The molecule has 3 aromatic rings. The van der Waals surface area contributed by atoms with Crippen LogP contribution in [0.2, 0.25) is 5.02 Å². The van der Waals surface area contributed by atoms with E-state index in [2.05, 4.69) is 5.32 Å². The molecule has 3 aliphatic rings. The maximum atomic E-state index is 12.9. The number of benzene rings is 2. The van der Waals surface area contributed by atoms with Gasteiger partial charge in [-0.2, -0.15) is 4.98 Å². The Hall–Kier alpha value is -3.32. The van der Waals surface area contributed by atoms with E-state index in [0.717, 1.165) is 35.2 Å². The Morgan fingerprint density at radius 2 is 1.90 bits per heavy atom. The number of aromatic nitrogens is 3. The monoisotopic (exact) mass is 420 g/mol. The highest BCUT2D eigenvalue weighted by molar-refractivity contribution is 6.30. The smallest absolute Gasteiger partial charge is 0.231 e. The number of hydrogen-bond donors (Lipinski definition) is 1. The molecular weight excluding hydrogens is 404 g/mol. The minimum Gasteiger partial charge on any atom is -0.454 e. The summed E-state index contributed by atoms with van der Waals surface area (Å²) in [6.45, 7) is 0.202. The molecule has 1 N–H and O–H groups in total. The summed E-state index contributed by atoms with van der Waals surface area (Å²) in [6, 6.07) is 12.8. The van der Waals surface area contributed by atoms with Gasteiger partial charge >= 0.3 is 0 Å². The molecule has 0 bridgehead atoms. The van der Waals surface area contributed by atoms with Gasteiger partial charge in [-0.3, -0.25) is 4.79 Å². The summed E-state index contributed by atoms with van der Waals surface area (Å²) < 4.78 is 12.8. The molecule has 6 rings (SSSR count). The fourth-order valence-electron chi connectivity index (χ4n) is 4.27. The highest BCUT2D eigenvalue weighted by Gasteiger charge is 2.37. The molecule has 0 radical (unpaired) electrons. The lowest BCUT2D eigenvalue weighted by molar-refractivity contribution is -0.116. The molecule has 2 aliphatic heterocycles. The first-order valence-corrected chi connectivity index (χ1v) is 10.2. The van der Waals surface area contributed by atoms with Crippen LogP contribution in [0.25, 0.3) is 11.4 Å². The molecule has 0 saturated heterocycles. The summed E-state index contributed by atoms with van der Waals surface area (Å²) in [7, 11) is 0. The summed E-state index contributed by atoms with van der Waals surface area (Å²) >= 11 is 6.02. The molecule has 30 heavy (non-hydrogen) atoms. The van der Waals surface area contributed by atoms with Crippen molar-refractivity contribution in [3.8, 4) is 22.9 Å². The van der Waals surface area contributed by atoms with Crippen molar-refractivity contribution in [2.45, 2.75) is 25.3 Å². The number of carbonyl (C=O) groups excluding carboxylic acids is 1. The van der Waals surface area contributed by atoms with Crippen LogP contribution in [0.3, 0.4) is 0 Å². The zero-order valence-electron chi connectivity index (χ0n) is 15.9. The quantitative estimate of drug-likeness (QED) is 0.664. The molecule has 0 spiro atoms. The highest BCUT2D eigenvalue weighted by atomic mass is 35.5. The third-order valence-corrected chi connectivity index (χ3v) is 5.93. The lowest BCUT2D eigenvalue weighted by Crippen LogP contribution is -2.31. The molecule has 8 heteroatoms. The molecule has 3 heterocycles. The van der Waals surface area contributed by atoms with Crippen LogP contribution in [0.4, 0.5) is 5.95 Å². The van der Waals surface area contributed by atoms with Crippen molar-refractivity contribution >= 4 is 23.3 Å². The zero-order valence-corrected chi connectivity index (χ0v) is 16.6. The van der Waals surface area contributed by atoms with Crippen LogP contribution in [0.1, 0.15) is 30.9 Å². The summed E-state index contributed by atoms with van der Waals surface area (Å²) in [5.41, 5.74) is 3.45. The van der Waals surface area contributed by atoms with Gasteiger partial charge in [0.05, 0.1) is 0 Å². The Balaban J connectivity index is 1.51. The molecule has 150 valence electrons. The van der Waals surface area contributed by atoms with E-state index in [1.54, 1.807) is 4.68 Å². The molecule has 0 fully saturated rings. The highest BCUT2D eigenvalue weighted by Crippen LogP contribution is 2.43. The molecule has 7 nitrogen and oxygen atoms in total. The van der Waals surface area contributed by atoms with Crippen LogP contribution in [0, 0.1) is 0 Å². The van der Waals surface area contributed by atoms with Gasteiger partial charge in [-0.25, -0.2) is 4.68 Å². The van der Waals surface area contributed by atoms with Gasteiger partial charge in [0, 0.05) is 28.3 Å². The lowest BCUT2D eigenvalue weighted by Gasteiger charge is -2.32. The fourth-order valence-corrected chi connectivity index (χ4v) is 4.39. The van der Waals surface area contributed by atoms with Crippen LogP contribution < -0.4 is 14.8 Å². The average molecular weight is 421 g/mol.